The number of aromatic nitrogens is 2. The fraction of sp³-hybridized carbons (Fsp3) is 0.385. The van der Waals surface area contributed by atoms with Gasteiger partial charge in [-0.3, -0.25) is 0 Å². The summed E-state index contributed by atoms with van der Waals surface area (Å²) in [7, 11) is 1.62. The Morgan fingerprint density at radius 1 is 1.44 bits per heavy atom. The first-order valence-electron chi connectivity index (χ1n) is 5.90. The van der Waals surface area contributed by atoms with E-state index in [0.717, 1.165) is 23.3 Å². The van der Waals surface area contributed by atoms with Gasteiger partial charge in [-0.1, -0.05) is 18.1 Å². The van der Waals surface area contributed by atoms with Crippen LogP contribution in [0.25, 0.3) is 11.4 Å². The summed E-state index contributed by atoms with van der Waals surface area (Å²) >= 11 is 0. The van der Waals surface area contributed by atoms with E-state index >= 15 is 0 Å². The van der Waals surface area contributed by atoms with Crippen LogP contribution in [0.3, 0.4) is 0 Å². The minimum absolute atomic E-state index is 0.220. The lowest BCUT2D eigenvalue weighted by Crippen LogP contribution is -2.08. The van der Waals surface area contributed by atoms with Crippen molar-refractivity contribution in [1.82, 2.24) is 10.1 Å². The second-order valence-electron chi connectivity index (χ2n) is 4.17. The maximum atomic E-state index is 5.85. The van der Waals surface area contributed by atoms with Crippen LogP contribution in [0.2, 0.25) is 0 Å². The van der Waals surface area contributed by atoms with Gasteiger partial charge in [-0.2, -0.15) is 4.98 Å². The van der Waals surface area contributed by atoms with E-state index in [4.69, 9.17) is 15.0 Å². The summed E-state index contributed by atoms with van der Waals surface area (Å²) in [5, 5.41) is 3.95. The lowest BCUT2D eigenvalue weighted by Gasteiger charge is -2.05. The molecular formula is C13H17N3O2. The van der Waals surface area contributed by atoms with Crippen LogP contribution in [0, 0.1) is 6.92 Å². The summed E-state index contributed by atoms with van der Waals surface area (Å²) in [6.07, 6.45) is 0.757. The third-order valence-electron chi connectivity index (χ3n) is 2.80. The first-order chi connectivity index (χ1) is 8.65. The summed E-state index contributed by atoms with van der Waals surface area (Å²) in [5.74, 6) is 1.69. The highest BCUT2D eigenvalue weighted by molar-refractivity contribution is 5.64. The Balaban J connectivity index is 2.39. The molecule has 2 N–H and O–H groups in total. The van der Waals surface area contributed by atoms with E-state index in [9.17, 15) is 0 Å². The van der Waals surface area contributed by atoms with Crippen molar-refractivity contribution < 1.29 is 9.26 Å². The number of nitrogens with two attached hydrogens (primary N) is 1. The molecule has 0 aliphatic heterocycles. The van der Waals surface area contributed by atoms with E-state index in [0.29, 0.717) is 11.7 Å². The fourth-order valence-corrected chi connectivity index (χ4v) is 1.65. The van der Waals surface area contributed by atoms with Gasteiger partial charge in [0.2, 0.25) is 11.7 Å². The molecule has 18 heavy (non-hydrogen) atoms. The van der Waals surface area contributed by atoms with Crippen molar-refractivity contribution in [2.45, 2.75) is 26.3 Å². The Morgan fingerprint density at radius 3 is 2.89 bits per heavy atom. The molecule has 0 spiro atoms. The maximum absolute atomic E-state index is 5.85. The second kappa shape index (κ2) is 5.18. The number of nitrogens with zero attached hydrogens (tertiary/aromatic N) is 2. The molecule has 0 bridgehead atoms. The maximum Gasteiger partial charge on any atom is 0.243 e. The van der Waals surface area contributed by atoms with E-state index in [1.807, 2.05) is 32.0 Å². The topological polar surface area (TPSA) is 74.2 Å². The normalized spacial score (nSPS) is 12.4. The Bertz CT molecular complexity index is 537. The van der Waals surface area contributed by atoms with Gasteiger partial charge >= 0.3 is 0 Å². The molecule has 0 radical (unpaired) electrons. The average Bonchev–Trinajstić information content (AvgIpc) is 2.87. The number of aryl methyl sites for hydroxylation is 1. The predicted octanol–water partition coefficient (Wildman–Crippen LogP) is 2.46. The number of ether oxygens (including phenoxy) is 1. The van der Waals surface area contributed by atoms with Gasteiger partial charge in [0.25, 0.3) is 0 Å². The lowest BCUT2D eigenvalue weighted by atomic mass is 10.1. The molecule has 0 saturated heterocycles. The molecule has 0 aliphatic rings. The smallest absolute Gasteiger partial charge is 0.243 e. The van der Waals surface area contributed by atoms with E-state index < -0.39 is 0 Å². The Kier molecular flexibility index (Phi) is 3.62. The number of benzene rings is 1. The summed E-state index contributed by atoms with van der Waals surface area (Å²) < 4.78 is 10.5. The van der Waals surface area contributed by atoms with Crippen molar-refractivity contribution >= 4 is 0 Å². The fourth-order valence-electron chi connectivity index (χ4n) is 1.65. The quantitative estimate of drug-likeness (QED) is 0.898. The zero-order valence-corrected chi connectivity index (χ0v) is 10.8. The number of hydrogen-bond donors (Lipinski definition) is 1. The van der Waals surface area contributed by atoms with Crippen LogP contribution in [-0.2, 0) is 0 Å². The molecule has 1 aromatic heterocycles. The monoisotopic (exact) mass is 247 g/mol. The minimum atomic E-state index is -0.220. The molecule has 5 heteroatoms. The molecule has 0 amide bonds. The third-order valence-corrected chi connectivity index (χ3v) is 2.80. The summed E-state index contributed by atoms with van der Waals surface area (Å²) in [4.78, 5) is 4.31. The average molecular weight is 247 g/mol. The standard InChI is InChI=1S/C13H17N3O2/c1-4-10(14)13-15-12(16-18-13)9-6-5-8(2)7-11(9)17-3/h5-7,10H,4,14H2,1-3H3. The molecule has 2 rings (SSSR count). The number of rotatable bonds is 4. The molecule has 5 nitrogen and oxygen atoms in total. The van der Waals surface area contributed by atoms with Crippen LogP contribution in [0.1, 0.15) is 30.8 Å². The zero-order chi connectivity index (χ0) is 13.1. The van der Waals surface area contributed by atoms with Crippen molar-refractivity contribution in [3.05, 3.63) is 29.7 Å². The third kappa shape index (κ3) is 2.36. The van der Waals surface area contributed by atoms with Crippen molar-refractivity contribution in [2.75, 3.05) is 7.11 Å². The van der Waals surface area contributed by atoms with E-state index in [1.165, 1.54) is 0 Å². The molecule has 2 aromatic rings. The van der Waals surface area contributed by atoms with Crippen LogP contribution in [0.5, 0.6) is 5.75 Å². The SMILES string of the molecule is CCC(N)c1nc(-c2ccc(C)cc2OC)no1. The van der Waals surface area contributed by atoms with Crippen LogP contribution in [0.15, 0.2) is 22.7 Å². The van der Waals surface area contributed by atoms with E-state index in [-0.39, 0.29) is 6.04 Å². The van der Waals surface area contributed by atoms with Gasteiger partial charge in [0, 0.05) is 0 Å². The van der Waals surface area contributed by atoms with Gasteiger partial charge in [-0.25, -0.2) is 0 Å². The number of hydrogen-bond acceptors (Lipinski definition) is 5. The van der Waals surface area contributed by atoms with Crippen molar-refractivity contribution in [3.63, 3.8) is 0 Å². The molecule has 0 saturated carbocycles. The van der Waals surface area contributed by atoms with Crippen molar-refractivity contribution in [2.24, 2.45) is 5.73 Å². The molecule has 1 aromatic carbocycles. The van der Waals surface area contributed by atoms with Crippen LogP contribution in [0.4, 0.5) is 0 Å². The van der Waals surface area contributed by atoms with Crippen LogP contribution >= 0.6 is 0 Å². The predicted molar refractivity (Wildman–Crippen MR) is 68.2 cm³/mol. The highest BCUT2D eigenvalue weighted by Gasteiger charge is 2.16. The molecule has 0 aliphatic carbocycles. The molecule has 1 atom stereocenters. The summed E-state index contributed by atoms with van der Waals surface area (Å²) in [5.41, 5.74) is 7.78. The van der Waals surface area contributed by atoms with Crippen LogP contribution < -0.4 is 10.5 Å². The Labute approximate surface area is 106 Å². The highest BCUT2D eigenvalue weighted by atomic mass is 16.5. The van der Waals surface area contributed by atoms with Gasteiger partial charge < -0.3 is 15.0 Å². The molecule has 96 valence electrons. The first-order valence-corrected chi connectivity index (χ1v) is 5.90. The van der Waals surface area contributed by atoms with Crippen molar-refractivity contribution in [3.8, 4) is 17.1 Å². The lowest BCUT2D eigenvalue weighted by molar-refractivity contribution is 0.352. The second-order valence-corrected chi connectivity index (χ2v) is 4.17. The van der Waals surface area contributed by atoms with Gasteiger partial charge in [0.1, 0.15) is 5.75 Å². The van der Waals surface area contributed by atoms with E-state index in [2.05, 4.69) is 10.1 Å². The first kappa shape index (κ1) is 12.6. The summed E-state index contributed by atoms with van der Waals surface area (Å²) in [6.45, 7) is 3.97. The highest BCUT2D eigenvalue weighted by Crippen LogP contribution is 2.29. The Morgan fingerprint density at radius 2 is 2.22 bits per heavy atom. The van der Waals surface area contributed by atoms with Gasteiger partial charge in [0.15, 0.2) is 0 Å². The molecule has 1 heterocycles. The number of methoxy groups -OCH3 is 1. The van der Waals surface area contributed by atoms with Crippen molar-refractivity contribution in [1.29, 1.82) is 0 Å². The summed E-state index contributed by atoms with van der Waals surface area (Å²) in [6, 6.07) is 5.61. The van der Waals surface area contributed by atoms with Crippen LogP contribution in [-0.4, -0.2) is 17.3 Å². The largest absolute Gasteiger partial charge is 0.496 e. The van der Waals surface area contributed by atoms with Gasteiger partial charge in [0.05, 0.1) is 18.7 Å². The molecular weight excluding hydrogens is 230 g/mol. The molecule has 0 fully saturated rings. The van der Waals surface area contributed by atoms with Gasteiger partial charge in [-0.15, -0.1) is 0 Å². The van der Waals surface area contributed by atoms with E-state index in [1.54, 1.807) is 7.11 Å². The minimum Gasteiger partial charge on any atom is -0.496 e. The van der Waals surface area contributed by atoms with Gasteiger partial charge in [-0.05, 0) is 31.0 Å². The zero-order valence-electron chi connectivity index (χ0n) is 10.8. The Hall–Kier alpha value is -1.88. The molecule has 1 unspecified atom stereocenters.